The zero-order chi connectivity index (χ0) is 15.5. The van der Waals surface area contributed by atoms with E-state index in [2.05, 4.69) is 10.5 Å². The molecule has 3 aromatic rings. The topological polar surface area (TPSA) is 61.7 Å². The molecule has 2 aromatic carbocycles. The van der Waals surface area contributed by atoms with Crippen LogP contribution in [0.25, 0.3) is 10.8 Å². The van der Waals surface area contributed by atoms with Crippen molar-refractivity contribution >= 4 is 34.2 Å². The number of amides is 1. The fourth-order valence-electron chi connectivity index (χ4n) is 2.16. The van der Waals surface area contributed by atoms with Gasteiger partial charge in [-0.1, -0.05) is 30.3 Å². The van der Waals surface area contributed by atoms with Gasteiger partial charge in [0.15, 0.2) is 0 Å². The van der Waals surface area contributed by atoms with Crippen molar-refractivity contribution in [2.24, 2.45) is 5.10 Å². The number of hydrogen-bond donors (Lipinski definition) is 2. The van der Waals surface area contributed by atoms with E-state index in [1.165, 1.54) is 0 Å². The Morgan fingerprint density at radius 3 is 2.82 bits per heavy atom. The van der Waals surface area contributed by atoms with Crippen LogP contribution in [0.15, 0.2) is 52.9 Å². The number of fused-ring (bicyclic) bond motifs is 1. The number of carbonyl (C=O) groups excluding carboxylic acids is 1. The molecule has 22 heavy (non-hydrogen) atoms. The number of nitrogens with one attached hydrogen (secondary N) is 1. The van der Waals surface area contributed by atoms with Crippen LogP contribution in [0.2, 0.25) is 0 Å². The van der Waals surface area contributed by atoms with E-state index in [1.807, 2.05) is 36.6 Å². The molecular formula is C17H14N2O2S. The minimum Gasteiger partial charge on any atom is -0.506 e. The van der Waals surface area contributed by atoms with Gasteiger partial charge in [0.1, 0.15) is 5.75 Å². The maximum atomic E-state index is 12.1. The predicted molar refractivity (Wildman–Crippen MR) is 89.7 cm³/mol. The monoisotopic (exact) mass is 310 g/mol. The third-order valence-corrected chi connectivity index (χ3v) is 4.35. The van der Waals surface area contributed by atoms with Gasteiger partial charge in [0, 0.05) is 10.3 Å². The molecule has 5 heteroatoms. The molecule has 110 valence electrons. The van der Waals surface area contributed by atoms with Gasteiger partial charge in [-0.05, 0) is 35.4 Å². The summed E-state index contributed by atoms with van der Waals surface area (Å²) in [6, 6.07) is 12.8. The highest BCUT2D eigenvalue weighted by atomic mass is 32.1. The molecule has 0 fully saturated rings. The summed E-state index contributed by atoms with van der Waals surface area (Å²) in [7, 11) is 0. The van der Waals surface area contributed by atoms with E-state index in [9.17, 15) is 9.90 Å². The number of carbonyl (C=O) groups is 1. The van der Waals surface area contributed by atoms with Crippen LogP contribution in [-0.2, 0) is 0 Å². The van der Waals surface area contributed by atoms with Crippen molar-refractivity contribution in [2.75, 3.05) is 0 Å². The van der Waals surface area contributed by atoms with Gasteiger partial charge in [-0.15, -0.1) is 11.3 Å². The Morgan fingerprint density at radius 1 is 1.23 bits per heavy atom. The quantitative estimate of drug-likeness (QED) is 0.572. The number of hydrogen-bond acceptors (Lipinski definition) is 4. The Morgan fingerprint density at radius 2 is 2.05 bits per heavy atom. The van der Waals surface area contributed by atoms with Crippen LogP contribution < -0.4 is 5.43 Å². The molecule has 0 unspecified atom stereocenters. The lowest BCUT2D eigenvalue weighted by molar-refractivity contribution is 0.0952. The molecule has 4 nitrogen and oxygen atoms in total. The molecule has 0 aliphatic rings. The molecule has 0 aliphatic heterocycles. The summed E-state index contributed by atoms with van der Waals surface area (Å²) >= 11 is 1.55. The highest BCUT2D eigenvalue weighted by Gasteiger charge is 2.12. The van der Waals surface area contributed by atoms with Gasteiger partial charge in [0.25, 0.3) is 5.91 Å². The van der Waals surface area contributed by atoms with E-state index in [-0.39, 0.29) is 11.3 Å². The average Bonchev–Trinajstić information content (AvgIpc) is 2.93. The van der Waals surface area contributed by atoms with E-state index in [4.69, 9.17) is 0 Å². The molecule has 1 aromatic heterocycles. The van der Waals surface area contributed by atoms with Gasteiger partial charge in [0.05, 0.1) is 11.8 Å². The van der Waals surface area contributed by atoms with Gasteiger partial charge >= 0.3 is 0 Å². The van der Waals surface area contributed by atoms with Crippen molar-refractivity contribution < 1.29 is 9.90 Å². The second kappa shape index (κ2) is 5.99. The van der Waals surface area contributed by atoms with Crippen molar-refractivity contribution in [1.82, 2.24) is 5.43 Å². The number of phenolic OH excluding ortho intramolecular Hbond substituents is 1. The minimum atomic E-state index is -0.436. The zero-order valence-corrected chi connectivity index (χ0v) is 12.7. The Bertz CT molecular complexity index is 868. The lowest BCUT2D eigenvalue weighted by atomic mass is 10.1. The third kappa shape index (κ3) is 2.71. The van der Waals surface area contributed by atoms with Gasteiger partial charge in [-0.25, -0.2) is 5.43 Å². The number of rotatable bonds is 3. The predicted octanol–water partition coefficient (Wildman–Crippen LogP) is 3.68. The highest BCUT2D eigenvalue weighted by molar-refractivity contribution is 7.11. The molecule has 0 radical (unpaired) electrons. The van der Waals surface area contributed by atoms with E-state index in [1.54, 1.807) is 35.8 Å². The lowest BCUT2D eigenvalue weighted by Crippen LogP contribution is -2.17. The second-order valence-corrected chi connectivity index (χ2v) is 5.80. The number of aryl methyl sites for hydroxylation is 1. The van der Waals surface area contributed by atoms with E-state index in [0.717, 1.165) is 15.8 Å². The van der Waals surface area contributed by atoms with Crippen LogP contribution in [0.3, 0.4) is 0 Å². The Kier molecular flexibility index (Phi) is 3.89. The number of nitrogens with zero attached hydrogens (tertiary/aromatic N) is 1. The lowest BCUT2D eigenvalue weighted by Gasteiger charge is -2.06. The second-order valence-electron chi connectivity index (χ2n) is 4.85. The fourth-order valence-corrected chi connectivity index (χ4v) is 2.95. The van der Waals surface area contributed by atoms with E-state index in [0.29, 0.717) is 5.39 Å². The molecule has 0 atom stereocenters. The number of phenols is 1. The van der Waals surface area contributed by atoms with E-state index >= 15 is 0 Å². The summed E-state index contributed by atoms with van der Waals surface area (Å²) in [6.07, 6.45) is 1.61. The third-order valence-electron chi connectivity index (χ3n) is 3.39. The highest BCUT2D eigenvalue weighted by Crippen LogP contribution is 2.28. The Balaban J connectivity index is 1.82. The van der Waals surface area contributed by atoms with Crippen molar-refractivity contribution in [2.45, 2.75) is 6.92 Å². The molecule has 3 rings (SSSR count). The number of aromatic hydroxyl groups is 1. The number of thiophene rings is 1. The molecule has 0 saturated carbocycles. The fraction of sp³-hybridized carbons (Fsp3) is 0.0588. The number of hydrazone groups is 1. The van der Waals surface area contributed by atoms with Crippen molar-refractivity contribution in [3.63, 3.8) is 0 Å². The first-order chi connectivity index (χ1) is 10.7. The normalized spacial score (nSPS) is 11.1. The summed E-state index contributed by atoms with van der Waals surface area (Å²) in [5.41, 5.74) is 3.76. The van der Waals surface area contributed by atoms with Crippen molar-refractivity contribution in [3.8, 4) is 5.75 Å². The SMILES string of the molecule is Cc1ccsc1/C=N\NC(=O)c1ccc2ccccc2c1O. The van der Waals surface area contributed by atoms with Crippen LogP contribution in [-0.4, -0.2) is 17.2 Å². The smallest absolute Gasteiger partial charge is 0.275 e. The minimum absolute atomic E-state index is 0.0295. The van der Waals surface area contributed by atoms with Crippen LogP contribution in [0, 0.1) is 6.92 Å². The summed E-state index contributed by atoms with van der Waals surface area (Å²) in [6.45, 7) is 1.98. The molecule has 0 spiro atoms. The average molecular weight is 310 g/mol. The molecule has 1 amide bonds. The molecule has 1 heterocycles. The zero-order valence-electron chi connectivity index (χ0n) is 11.9. The van der Waals surface area contributed by atoms with Gasteiger partial charge in [-0.3, -0.25) is 4.79 Å². The standard InChI is InChI=1S/C17H14N2O2S/c1-11-8-9-22-15(11)10-18-19-17(21)14-7-6-12-4-2-3-5-13(12)16(14)20/h2-10,20H,1H3,(H,19,21)/b18-10-. The van der Waals surface area contributed by atoms with Crippen LogP contribution in [0.5, 0.6) is 5.75 Å². The first-order valence-corrected chi connectivity index (χ1v) is 7.63. The molecule has 0 saturated heterocycles. The van der Waals surface area contributed by atoms with Crippen molar-refractivity contribution in [3.05, 3.63) is 63.8 Å². The maximum absolute atomic E-state index is 12.1. The molecular weight excluding hydrogens is 296 g/mol. The Labute approximate surface area is 131 Å². The molecule has 0 aliphatic carbocycles. The van der Waals surface area contributed by atoms with E-state index < -0.39 is 5.91 Å². The molecule has 2 N–H and O–H groups in total. The summed E-state index contributed by atoms with van der Waals surface area (Å²) in [5, 5.41) is 17.7. The van der Waals surface area contributed by atoms with Crippen LogP contribution >= 0.6 is 11.3 Å². The van der Waals surface area contributed by atoms with Gasteiger partial charge in [0.2, 0.25) is 0 Å². The number of benzene rings is 2. The van der Waals surface area contributed by atoms with Crippen LogP contribution in [0.1, 0.15) is 20.8 Å². The van der Waals surface area contributed by atoms with Gasteiger partial charge in [-0.2, -0.15) is 5.10 Å². The summed E-state index contributed by atoms with van der Waals surface area (Å²) in [5.74, 6) is -0.466. The first-order valence-electron chi connectivity index (χ1n) is 6.75. The summed E-state index contributed by atoms with van der Waals surface area (Å²) in [4.78, 5) is 13.1. The van der Waals surface area contributed by atoms with Crippen molar-refractivity contribution in [1.29, 1.82) is 0 Å². The Hall–Kier alpha value is -2.66. The molecule has 0 bridgehead atoms. The largest absolute Gasteiger partial charge is 0.506 e. The summed E-state index contributed by atoms with van der Waals surface area (Å²) < 4.78 is 0. The maximum Gasteiger partial charge on any atom is 0.275 e. The van der Waals surface area contributed by atoms with Gasteiger partial charge < -0.3 is 5.11 Å². The first kappa shape index (κ1) is 14.3. The van der Waals surface area contributed by atoms with Crippen LogP contribution in [0.4, 0.5) is 0 Å².